The Kier molecular flexibility index (Phi) is 5.53. The van der Waals surface area contributed by atoms with E-state index < -0.39 is 5.60 Å². The first-order chi connectivity index (χ1) is 9.89. The molecule has 0 saturated heterocycles. The molecule has 1 aromatic rings. The zero-order valence-corrected chi connectivity index (χ0v) is 14.1. The molecule has 1 saturated carbocycles. The largest absolute Gasteiger partial charge is 0.388 e. The summed E-state index contributed by atoms with van der Waals surface area (Å²) < 4.78 is 0. The molecule has 4 heteroatoms. The topological polar surface area (TPSA) is 35.5 Å². The van der Waals surface area contributed by atoms with Gasteiger partial charge in [0.2, 0.25) is 0 Å². The molecule has 118 valence electrons. The molecule has 1 aliphatic rings. The van der Waals surface area contributed by atoms with Crippen LogP contribution in [0, 0.1) is 0 Å². The number of nitrogens with zero attached hydrogens (tertiary/aromatic N) is 1. The van der Waals surface area contributed by atoms with Gasteiger partial charge >= 0.3 is 0 Å². The van der Waals surface area contributed by atoms with Gasteiger partial charge in [0.1, 0.15) is 0 Å². The average Bonchev–Trinajstić information content (AvgIpc) is 2.82. The Labute approximate surface area is 133 Å². The third kappa shape index (κ3) is 4.60. The van der Waals surface area contributed by atoms with Gasteiger partial charge in [-0.15, -0.1) is 0 Å². The number of likely N-dealkylation sites (N-methyl/N-ethyl adjacent to an activating group) is 1. The molecule has 0 bridgehead atoms. The Morgan fingerprint density at radius 2 is 2.00 bits per heavy atom. The van der Waals surface area contributed by atoms with Gasteiger partial charge < -0.3 is 15.3 Å². The zero-order chi connectivity index (χ0) is 15.5. The number of anilines is 1. The Morgan fingerprint density at radius 3 is 2.57 bits per heavy atom. The molecule has 0 atom stereocenters. The molecule has 0 amide bonds. The zero-order valence-electron chi connectivity index (χ0n) is 13.3. The smallest absolute Gasteiger partial charge is 0.0821 e. The van der Waals surface area contributed by atoms with Gasteiger partial charge in [-0.3, -0.25) is 0 Å². The van der Waals surface area contributed by atoms with Crippen molar-refractivity contribution in [3.63, 3.8) is 0 Å². The molecule has 2 rings (SSSR count). The average molecular weight is 311 g/mol. The van der Waals surface area contributed by atoms with Gasteiger partial charge in [-0.2, -0.15) is 0 Å². The molecule has 0 aromatic heterocycles. The fourth-order valence-corrected chi connectivity index (χ4v) is 3.36. The van der Waals surface area contributed by atoms with E-state index in [9.17, 15) is 5.11 Å². The summed E-state index contributed by atoms with van der Waals surface area (Å²) in [6.45, 7) is 5.74. The quantitative estimate of drug-likeness (QED) is 0.843. The molecular weight excluding hydrogens is 284 g/mol. The van der Waals surface area contributed by atoms with E-state index in [2.05, 4.69) is 36.2 Å². The van der Waals surface area contributed by atoms with E-state index >= 15 is 0 Å². The molecule has 0 spiro atoms. The van der Waals surface area contributed by atoms with Crippen molar-refractivity contribution < 1.29 is 5.11 Å². The second kappa shape index (κ2) is 6.99. The summed E-state index contributed by atoms with van der Waals surface area (Å²) in [5.41, 5.74) is 1.63. The van der Waals surface area contributed by atoms with Gasteiger partial charge in [0, 0.05) is 26.2 Å². The van der Waals surface area contributed by atoms with Gasteiger partial charge in [-0.1, -0.05) is 44.4 Å². The first-order valence-corrected chi connectivity index (χ1v) is 8.23. The fraction of sp³-hybridized carbons (Fsp3) is 0.647. The van der Waals surface area contributed by atoms with Crippen LogP contribution in [0.4, 0.5) is 5.69 Å². The minimum Gasteiger partial charge on any atom is -0.388 e. The summed E-state index contributed by atoms with van der Waals surface area (Å²) in [6, 6.07) is 6.63. The minimum atomic E-state index is -0.546. The first-order valence-electron chi connectivity index (χ1n) is 7.85. The van der Waals surface area contributed by atoms with Crippen molar-refractivity contribution in [2.75, 3.05) is 18.5 Å². The molecule has 0 radical (unpaired) electrons. The number of halogens is 1. The highest BCUT2D eigenvalue weighted by Crippen LogP contribution is 2.33. The third-order valence-corrected chi connectivity index (χ3v) is 4.51. The van der Waals surface area contributed by atoms with E-state index in [0.29, 0.717) is 12.6 Å². The monoisotopic (exact) mass is 310 g/mol. The molecule has 21 heavy (non-hydrogen) atoms. The van der Waals surface area contributed by atoms with Crippen LogP contribution in [0.2, 0.25) is 5.02 Å². The number of rotatable bonds is 6. The predicted molar refractivity (Wildman–Crippen MR) is 90.1 cm³/mol. The van der Waals surface area contributed by atoms with Crippen LogP contribution in [-0.4, -0.2) is 30.3 Å². The Morgan fingerprint density at radius 1 is 1.33 bits per heavy atom. The van der Waals surface area contributed by atoms with Crippen molar-refractivity contribution in [1.82, 2.24) is 5.32 Å². The summed E-state index contributed by atoms with van der Waals surface area (Å²) in [5.74, 6) is 0. The van der Waals surface area contributed by atoms with Crippen molar-refractivity contribution >= 4 is 17.3 Å². The highest BCUT2D eigenvalue weighted by atomic mass is 35.5. The SMILES string of the molecule is CC(C)NCc1ccc(N(C)CC2(O)CCCC2)c(Cl)c1. The van der Waals surface area contributed by atoms with E-state index in [1.54, 1.807) is 0 Å². The molecule has 0 aliphatic heterocycles. The van der Waals surface area contributed by atoms with Crippen molar-refractivity contribution in [3.8, 4) is 0 Å². The second-order valence-corrected chi connectivity index (χ2v) is 7.02. The normalized spacial score (nSPS) is 17.4. The standard InChI is InChI=1S/C17H27ClN2O/c1-13(2)19-11-14-6-7-16(15(18)10-14)20(3)12-17(21)8-4-5-9-17/h6-7,10,13,19,21H,4-5,8-9,11-12H2,1-3H3. The first kappa shape index (κ1) is 16.6. The molecule has 0 unspecified atom stereocenters. The van der Waals surface area contributed by atoms with Crippen LogP contribution in [0.1, 0.15) is 45.1 Å². The number of aliphatic hydroxyl groups is 1. The Hall–Kier alpha value is -0.770. The minimum absolute atomic E-state index is 0.461. The van der Waals surface area contributed by atoms with E-state index in [1.165, 1.54) is 5.56 Å². The van der Waals surface area contributed by atoms with Crippen molar-refractivity contribution in [3.05, 3.63) is 28.8 Å². The molecule has 2 N–H and O–H groups in total. The Bertz CT molecular complexity index is 470. The Balaban J connectivity index is 2.02. The van der Waals surface area contributed by atoms with Crippen LogP contribution in [0.15, 0.2) is 18.2 Å². The lowest BCUT2D eigenvalue weighted by Crippen LogP contribution is -2.39. The summed E-state index contributed by atoms with van der Waals surface area (Å²) in [4.78, 5) is 2.08. The van der Waals surface area contributed by atoms with Crippen LogP contribution >= 0.6 is 11.6 Å². The maximum Gasteiger partial charge on any atom is 0.0821 e. The third-order valence-electron chi connectivity index (χ3n) is 4.20. The number of benzene rings is 1. The molecule has 3 nitrogen and oxygen atoms in total. The number of hydrogen-bond acceptors (Lipinski definition) is 3. The number of nitrogens with one attached hydrogen (secondary N) is 1. The lowest BCUT2D eigenvalue weighted by atomic mass is 10.0. The summed E-state index contributed by atoms with van der Waals surface area (Å²) in [6.07, 6.45) is 4.03. The predicted octanol–water partition coefficient (Wildman–Crippen LogP) is 3.58. The van der Waals surface area contributed by atoms with Crippen molar-refractivity contribution in [2.24, 2.45) is 0 Å². The maximum atomic E-state index is 10.5. The van der Waals surface area contributed by atoms with E-state index in [4.69, 9.17) is 11.6 Å². The van der Waals surface area contributed by atoms with Crippen molar-refractivity contribution in [2.45, 2.75) is 57.7 Å². The summed E-state index contributed by atoms with van der Waals surface area (Å²) in [7, 11) is 2.00. The van der Waals surface area contributed by atoms with Crippen LogP contribution in [-0.2, 0) is 6.54 Å². The van der Waals surface area contributed by atoms with Crippen molar-refractivity contribution in [1.29, 1.82) is 0 Å². The molecule has 1 fully saturated rings. The lowest BCUT2D eigenvalue weighted by Gasteiger charge is -2.30. The lowest BCUT2D eigenvalue weighted by molar-refractivity contribution is 0.0559. The molecule has 1 aromatic carbocycles. The highest BCUT2D eigenvalue weighted by molar-refractivity contribution is 6.33. The van der Waals surface area contributed by atoms with E-state index in [1.807, 2.05) is 13.1 Å². The van der Waals surface area contributed by atoms with Crippen LogP contribution in [0.5, 0.6) is 0 Å². The molecular formula is C17H27ClN2O. The van der Waals surface area contributed by atoms with Crippen LogP contribution in [0.25, 0.3) is 0 Å². The van der Waals surface area contributed by atoms with Gasteiger partial charge in [0.25, 0.3) is 0 Å². The molecule has 0 heterocycles. The van der Waals surface area contributed by atoms with Gasteiger partial charge in [-0.05, 0) is 30.5 Å². The number of hydrogen-bond donors (Lipinski definition) is 2. The van der Waals surface area contributed by atoms with Gasteiger partial charge in [0.15, 0.2) is 0 Å². The van der Waals surface area contributed by atoms with Crippen LogP contribution < -0.4 is 10.2 Å². The van der Waals surface area contributed by atoms with Crippen LogP contribution in [0.3, 0.4) is 0 Å². The molecule has 1 aliphatic carbocycles. The highest BCUT2D eigenvalue weighted by Gasteiger charge is 2.32. The maximum absolute atomic E-state index is 10.5. The summed E-state index contributed by atoms with van der Waals surface area (Å²) >= 11 is 6.42. The van der Waals surface area contributed by atoms with Gasteiger partial charge in [-0.25, -0.2) is 0 Å². The van der Waals surface area contributed by atoms with Gasteiger partial charge in [0.05, 0.1) is 16.3 Å². The fourth-order valence-electron chi connectivity index (χ4n) is 3.01. The van der Waals surface area contributed by atoms with E-state index in [0.717, 1.165) is 42.9 Å². The van der Waals surface area contributed by atoms with E-state index in [-0.39, 0.29) is 0 Å². The second-order valence-electron chi connectivity index (χ2n) is 6.61. The summed E-state index contributed by atoms with van der Waals surface area (Å²) in [5, 5.41) is 14.7.